The Bertz CT molecular complexity index is 608. The van der Waals surface area contributed by atoms with E-state index in [-0.39, 0.29) is 12.6 Å². The summed E-state index contributed by atoms with van der Waals surface area (Å²) < 4.78 is 44.3. The molecule has 0 aliphatic rings. The van der Waals surface area contributed by atoms with Crippen molar-refractivity contribution < 1.29 is 17.9 Å². The van der Waals surface area contributed by atoms with Crippen LogP contribution in [0.25, 0.3) is 0 Å². The number of methoxy groups -OCH3 is 1. The van der Waals surface area contributed by atoms with E-state index < -0.39 is 17.5 Å². The van der Waals surface area contributed by atoms with Crippen LogP contribution in [0, 0.1) is 17.5 Å². The summed E-state index contributed by atoms with van der Waals surface area (Å²) in [4.78, 5) is 0. The Balaban J connectivity index is 2.05. The van der Waals surface area contributed by atoms with Gasteiger partial charge in [0, 0.05) is 12.6 Å². The molecule has 5 heteroatoms. The minimum atomic E-state index is -1.44. The molecule has 0 aromatic heterocycles. The number of nitrogens with one attached hydrogen (secondary N) is 1. The van der Waals surface area contributed by atoms with Gasteiger partial charge in [0.1, 0.15) is 5.75 Å². The summed E-state index contributed by atoms with van der Waals surface area (Å²) >= 11 is 0. The Hall–Kier alpha value is -2.01. The average Bonchev–Trinajstić information content (AvgIpc) is 2.50. The molecular weight excluding hydrogens is 279 g/mol. The molecule has 2 nitrogen and oxygen atoms in total. The highest BCUT2D eigenvalue weighted by Gasteiger charge is 2.11. The Morgan fingerprint density at radius 3 is 2.38 bits per heavy atom. The number of hydrogen-bond donors (Lipinski definition) is 1. The normalized spacial score (nSPS) is 12.2. The van der Waals surface area contributed by atoms with Gasteiger partial charge in [-0.1, -0.05) is 12.1 Å². The zero-order chi connectivity index (χ0) is 15.4. The second-order valence-corrected chi connectivity index (χ2v) is 4.75. The summed E-state index contributed by atoms with van der Waals surface area (Å²) in [5, 5.41) is 3.13. The summed E-state index contributed by atoms with van der Waals surface area (Å²) in [5.41, 5.74) is 1.33. The first-order valence-electron chi connectivity index (χ1n) is 6.52. The van der Waals surface area contributed by atoms with Crippen molar-refractivity contribution in [2.24, 2.45) is 0 Å². The van der Waals surface area contributed by atoms with Crippen molar-refractivity contribution in [3.05, 3.63) is 65.0 Å². The van der Waals surface area contributed by atoms with Gasteiger partial charge < -0.3 is 10.1 Å². The third-order valence-electron chi connectivity index (χ3n) is 3.25. The van der Waals surface area contributed by atoms with Crippen LogP contribution >= 0.6 is 0 Å². The van der Waals surface area contributed by atoms with E-state index in [0.717, 1.165) is 23.4 Å². The Morgan fingerprint density at radius 2 is 1.76 bits per heavy atom. The van der Waals surface area contributed by atoms with Crippen LogP contribution in [0.2, 0.25) is 0 Å². The quantitative estimate of drug-likeness (QED) is 0.843. The zero-order valence-electron chi connectivity index (χ0n) is 11.8. The number of benzene rings is 2. The van der Waals surface area contributed by atoms with Crippen LogP contribution in [0.1, 0.15) is 24.1 Å². The van der Waals surface area contributed by atoms with Crippen LogP contribution in [-0.2, 0) is 6.54 Å². The lowest BCUT2D eigenvalue weighted by Crippen LogP contribution is -2.18. The van der Waals surface area contributed by atoms with Crippen LogP contribution < -0.4 is 10.1 Å². The van der Waals surface area contributed by atoms with Crippen LogP contribution in [-0.4, -0.2) is 7.11 Å². The van der Waals surface area contributed by atoms with E-state index in [4.69, 9.17) is 4.74 Å². The SMILES string of the molecule is COc1cccc([C@@H](C)NCc2cc(F)c(F)c(F)c2)c1. The Labute approximate surface area is 121 Å². The topological polar surface area (TPSA) is 21.3 Å². The Morgan fingerprint density at radius 1 is 1.10 bits per heavy atom. The lowest BCUT2D eigenvalue weighted by Gasteiger charge is -2.15. The molecule has 0 fully saturated rings. The molecule has 0 aliphatic heterocycles. The average molecular weight is 295 g/mol. The molecule has 2 aromatic carbocycles. The first-order chi connectivity index (χ1) is 10.0. The van der Waals surface area contributed by atoms with E-state index in [1.54, 1.807) is 7.11 Å². The molecule has 0 spiro atoms. The van der Waals surface area contributed by atoms with Crippen molar-refractivity contribution in [3.63, 3.8) is 0 Å². The fourth-order valence-corrected chi connectivity index (χ4v) is 2.01. The molecule has 2 aromatic rings. The van der Waals surface area contributed by atoms with Crippen molar-refractivity contribution in [2.45, 2.75) is 19.5 Å². The third-order valence-corrected chi connectivity index (χ3v) is 3.25. The smallest absolute Gasteiger partial charge is 0.194 e. The summed E-state index contributed by atoms with van der Waals surface area (Å²) in [5.74, 6) is -3.07. The van der Waals surface area contributed by atoms with Gasteiger partial charge in [0.05, 0.1) is 7.11 Å². The summed E-state index contributed by atoms with van der Waals surface area (Å²) in [6.07, 6.45) is 0. The van der Waals surface area contributed by atoms with Gasteiger partial charge in [0.2, 0.25) is 0 Å². The predicted molar refractivity (Wildman–Crippen MR) is 74.6 cm³/mol. The molecule has 21 heavy (non-hydrogen) atoms. The molecule has 0 saturated carbocycles. The summed E-state index contributed by atoms with van der Waals surface area (Å²) in [7, 11) is 1.58. The van der Waals surface area contributed by atoms with Crippen molar-refractivity contribution in [2.75, 3.05) is 7.11 Å². The lowest BCUT2D eigenvalue weighted by atomic mass is 10.1. The maximum absolute atomic E-state index is 13.1. The first kappa shape index (κ1) is 15.4. The van der Waals surface area contributed by atoms with Gasteiger partial charge >= 0.3 is 0 Å². The molecule has 1 N–H and O–H groups in total. The maximum Gasteiger partial charge on any atom is 0.194 e. The van der Waals surface area contributed by atoms with Gasteiger partial charge in [0.15, 0.2) is 17.5 Å². The highest BCUT2D eigenvalue weighted by atomic mass is 19.2. The van der Waals surface area contributed by atoms with Crippen molar-refractivity contribution in [3.8, 4) is 5.75 Å². The summed E-state index contributed by atoms with van der Waals surface area (Å²) in [6.45, 7) is 2.15. The second-order valence-electron chi connectivity index (χ2n) is 4.75. The number of hydrogen-bond acceptors (Lipinski definition) is 2. The van der Waals surface area contributed by atoms with Gasteiger partial charge in [-0.3, -0.25) is 0 Å². The Kier molecular flexibility index (Phi) is 4.85. The molecule has 0 aliphatic carbocycles. The molecule has 2 rings (SSSR count). The van der Waals surface area contributed by atoms with Gasteiger partial charge in [-0.15, -0.1) is 0 Å². The van der Waals surface area contributed by atoms with E-state index in [1.807, 2.05) is 31.2 Å². The molecule has 0 heterocycles. The van der Waals surface area contributed by atoms with Gasteiger partial charge in [-0.25, -0.2) is 13.2 Å². The third kappa shape index (κ3) is 3.76. The van der Waals surface area contributed by atoms with Crippen LogP contribution in [0.3, 0.4) is 0 Å². The standard InChI is InChI=1S/C16H16F3NO/c1-10(12-4-3-5-13(8-12)21-2)20-9-11-6-14(17)16(19)15(18)7-11/h3-8,10,20H,9H2,1-2H3/t10-/m1/s1. The zero-order valence-corrected chi connectivity index (χ0v) is 11.8. The van der Waals surface area contributed by atoms with Gasteiger partial charge in [-0.05, 0) is 42.3 Å². The van der Waals surface area contributed by atoms with Crippen molar-refractivity contribution in [1.29, 1.82) is 0 Å². The lowest BCUT2D eigenvalue weighted by molar-refractivity contribution is 0.413. The van der Waals surface area contributed by atoms with Crippen molar-refractivity contribution in [1.82, 2.24) is 5.32 Å². The van der Waals surface area contributed by atoms with Gasteiger partial charge in [0.25, 0.3) is 0 Å². The highest BCUT2D eigenvalue weighted by molar-refractivity contribution is 5.30. The fraction of sp³-hybridized carbons (Fsp3) is 0.250. The largest absolute Gasteiger partial charge is 0.497 e. The first-order valence-corrected chi connectivity index (χ1v) is 6.52. The monoisotopic (exact) mass is 295 g/mol. The molecule has 1 atom stereocenters. The number of halogens is 3. The van der Waals surface area contributed by atoms with Crippen LogP contribution in [0.15, 0.2) is 36.4 Å². The van der Waals surface area contributed by atoms with Crippen LogP contribution in [0.4, 0.5) is 13.2 Å². The number of rotatable bonds is 5. The molecule has 0 saturated heterocycles. The van der Waals surface area contributed by atoms with E-state index in [0.29, 0.717) is 5.56 Å². The molecule has 0 unspecified atom stereocenters. The van der Waals surface area contributed by atoms with Crippen molar-refractivity contribution >= 4 is 0 Å². The molecule has 0 amide bonds. The van der Waals surface area contributed by atoms with E-state index in [9.17, 15) is 13.2 Å². The second kappa shape index (κ2) is 6.63. The predicted octanol–water partition coefficient (Wildman–Crippen LogP) is 3.96. The van der Waals surface area contributed by atoms with E-state index in [1.165, 1.54) is 0 Å². The van der Waals surface area contributed by atoms with Crippen LogP contribution in [0.5, 0.6) is 5.75 Å². The summed E-state index contributed by atoms with van der Waals surface area (Å²) in [6, 6.07) is 9.43. The molecular formula is C16H16F3NO. The number of ether oxygens (including phenoxy) is 1. The highest BCUT2D eigenvalue weighted by Crippen LogP contribution is 2.20. The van der Waals surface area contributed by atoms with Gasteiger partial charge in [-0.2, -0.15) is 0 Å². The fourth-order valence-electron chi connectivity index (χ4n) is 2.01. The minimum Gasteiger partial charge on any atom is -0.497 e. The molecule has 0 bridgehead atoms. The van der Waals surface area contributed by atoms with E-state index in [2.05, 4.69) is 5.32 Å². The minimum absolute atomic E-state index is 0.0451. The molecule has 0 radical (unpaired) electrons. The maximum atomic E-state index is 13.1. The molecule has 112 valence electrons. The van der Waals surface area contributed by atoms with E-state index >= 15 is 0 Å².